The van der Waals surface area contributed by atoms with Gasteiger partial charge in [-0.25, -0.2) is 0 Å². The SMILES string of the molecule is CC#CCN1C(=O)COc2cc(Br)c(NC(=O)C3=C(C(N)=O)CCCC3)cc21. The Balaban J connectivity index is 1.93. The third kappa shape index (κ3) is 4.04. The molecular formula is C20H20BrN3O4. The first-order valence-corrected chi connectivity index (χ1v) is 9.71. The van der Waals surface area contributed by atoms with Crippen molar-refractivity contribution in [2.24, 2.45) is 5.73 Å². The Hall–Kier alpha value is -2.79. The zero-order valence-electron chi connectivity index (χ0n) is 15.4. The molecule has 0 radical (unpaired) electrons. The molecule has 0 aromatic heterocycles. The van der Waals surface area contributed by atoms with Gasteiger partial charge in [-0.3, -0.25) is 19.3 Å². The Labute approximate surface area is 171 Å². The van der Waals surface area contributed by atoms with E-state index in [4.69, 9.17) is 10.5 Å². The maximum Gasteiger partial charge on any atom is 0.265 e. The highest BCUT2D eigenvalue weighted by Crippen LogP contribution is 2.39. The van der Waals surface area contributed by atoms with E-state index in [9.17, 15) is 14.4 Å². The summed E-state index contributed by atoms with van der Waals surface area (Å²) in [6, 6.07) is 3.37. The molecule has 7 nitrogen and oxygen atoms in total. The summed E-state index contributed by atoms with van der Waals surface area (Å²) in [4.78, 5) is 38.2. The van der Waals surface area contributed by atoms with Gasteiger partial charge in [-0.05, 0) is 60.7 Å². The summed E-state index contributed by atoms with van der Waals surface area (Å²) in [5, 5.41) is 2.83. The fourth-order valence-electron chi connectivity index (χ4n) is 3.27. The molecule has 0 unspecified atom stereocenters. The van der Waals surface area contributed by atoms with E-state index in [1.165, 1.54) is 4.90 Å². The number of hydrogen-bond donors (Lipinski definition) is 2. The molecule has 1 aromatic carbocycles. The van der Waals surface area contributed by atoms with Crippen molar-refractivity contribution in [2.45, 2.75) is 32.6 Å². The van der Waals surface area contributed by atoms with E-state index in [-0.39, 0.29) is 25.0 Å². The van der Waals surface area contributed by atoms with E-state index in [2.05, 4.69) is 33.1 Å². The number of nitrogens with one attached hydrogen (secondary N) is 1. The van der Waals surface area contributed by atoms with Gasteiger partial charge in [0, 0.05) is 15.6 Å². The third-order valence-corrected chi connectivity index (χ3v) is 5.35. The van der Waals surface area contributed by atoms with Crippen molar-refractivity contribution in [3.63, 3.8) is 0 Å². The number of amides is 3. The molecule has 8 heteroatoms. The number of nitrogens with zero attached hydrogens (tertiary/aromatic N) is 1. The van der Waals surface area contributed by atoms with Crippen LogP contribution in [0, 0.1) is 11.8 Å². The lowest BCUT2D eigenvalue weighted by Gasteiger charge is -2.29. The first kappa shape index (κ1) is 20.0. The predicted octanol–water partition coefficient (Wildman–Crippen LogP) is 2.49. The summed E-state index contributed by atoms with van der Waals surface area (Å²) in [5.74, 6) is 5.04. The summed E-state index contributed by atoms with van der Waals surface area (Å²) >= 11 is 3.43. The molecule has 2 aliphatic rings. The summed E-state index contributed by atoms with van der Waals surface area (Å²) < 4.78 is 6.10. The Morgan fingerprint density at radius 3 is 2.68 bits per heavy atom. The van der Waals surface area contributed by atoms with Crippen molar-refractivity contribution in [1.82, 2.24) is 0 Å². The van der Waals surface area contributed by atoms with Gasteiger partial charge in [-0.1, -0.05) is 5.92 Å². The largest absolute Gasteiger partial charge is 0.482 e. The molecule has 0 saturated heterocycles. The van der Waals surface area contributed by atoms with E-state index >= 15 is 0 Å². The topological polar surface area (TPSA) is 102 Å². The van der Waals surface area contributed by atoms with E-state index in [1.54, 1.807) is 19.1 Å². The predicted molar refractivity (Wildman–Crippen MR) is 109 cm³/mol. The van der Waals surface area contributed by atoms with Crippen molar-refractivity contribution in [1.29, 1.82) is 0 Å². The fourth-order valence-corrected chi connectivity index (χ4v) is 3.70. The minimum atomic E-state index is -0.558. The van der Waals surface area contributed by atoms with Gasteiger partial charge in [0.15, 0.2) is 6.61 Å². The monoisotopic (exact) mass is 445 g/mol. The molecule has 0 fully saturated rings. The highest BCUT2D eigenvalue weighted by atomic mass is 79.9. The molecule has 0 bridgehead atoms. The molecule has 0 spiro atoms. The molecule has 28 heavy (non-hydrogen) atoms. The second-order valence-electron chi connectivity index (χ2n) is 6.48. The number of rotatable bonds is 4. The van der Waals surface area contributed by atoms with Gasteiger partial charge in [0.2, 0.25) is 5.91 Å². The van der Waals surface area contributed by atoms with Crippen LogP contribution < -0.4 is 20.7 Å². The van der Waals surface area contributed by atoms with Gasteiger partial charge in [-0.15, -0.1) is 5.92 Å². The molecule has 1 aliphatic carbocycles. The standard InChI is InChI=1S/C20H20BrN3O4/c1-2-3-8-24-16-10-15(14(21)9-17(16)28-11-18(24)25)23-20(27)13-7-5-4-6-12(13)19(22)26/h9-10H,4-8,11H2,1H3,(H2,22,26)(H,23,27). The molecule has 3 amide bonds. The number of halogens is 1. The number of hydrogen-bond acceptors (Lipinski definition) is 4. The normalized spacial score (nSPS) is 15.9. The van der Waals surface area contributed by atoms with E-state index in [1.807, 2.05) is 0 Å². The second-order valence-corrected chi connectivity index (χ2v) is 7.33. The Morgan fingerprint density at radius 1 is 1.29 bits per heavy atom. The molecule has 3 rings (SSSR count). The van der Waals surface area contributed by atoms with Crippen LogP contribution in [0.1, 0.15) is 32.6 Å². The smallest absolute Gasteiger partial charge is 0.265 e. The minimum absolute atomic E-state index is 0.0641. The number of fused-ring (bicyclic) bond motifs is 1. The summed E-state index contributed by atoms with van der Waals surface area (Å²) in [6.45, 7) is 1.87. The molecular weight excluding hydrogens is 426 g/mol. The molecule has 1 aliphatic heterocycles. The average molecular weight is 446 g/mol. The zero-order chi connectivity index (χ0) is 20.3. The highest BCUT2D eigenvalue weighted by molar-refractivity contribution is 9.10. The number of primary amides is 1. The summed E-state index contributed by atoms with van der Waals surface area (Å²) in [7, 11) is 0. The van der Waals surface area contributed by atoms with Crippen LogP contribution in [0.3, 0.4) is 0 Å². The molecule has 1 aromatic rings. The fraction of sp³-hybridized carbons (Fsp3) is 0.350. The second kappa shape index (κ2) is 8.48. The molecule has 0 atom stereocenters. The van der Waals surface area contributed by atoms with Crippen molar-refractivity contribution in [3.8, 4) is 17.6 Å². The molecule has 3 N–H and O–H groups in total. The summed E-state index contributed by atoms with van der Waals surface area (Å²) in [6.07, 6.45) is 2.68. The number of benzene rings is 1. The number of nitrogens with two attached hydrogens (primary N) is 1. The van der Waals surface area contributed by atoms with Crippen molar-refractivity contribution >= 4 is 45.0 Å². The maximum absolute atomic E-state index is 12.8. The minimum Gasteiger partial charge on any atom is -0.482 e. The van der Waals surface area contributed by atoms with Crippen LogP contribution in [0.4, 0.5) is 11.4 Å². The first-order valence-electron chi connectivity index (χ1n) is 8.92. The van der Waals surface area contributed by atoms with Crippen molar-refractivity contribution in [3.05, 3.63) is 27.8 Å². The number of ether oxygens (including phenoxy) is 1. The van der Waals surface area contributed by atoms with Crippen LogP contribution in [0.15, 0.2) is 27.8 Å². The first-order chi connectivity index (χ1) is 13.4. The van der Waals surface area contributed by atoms with Crippen molar-refractivity contribution in [2.75, 3.05) is 23.4 Å². The average Bonchev–Trinajstić information content (AvgIpc) is 2.68. The lowest BCUT2D eigenvalue weighted by molar-refractivity contribution is -0.121. The van der Waals surface area contributed by atoms with E-state index in [0.717, 1.165) is 12.8 Å². The van der Waals surface area contributed by atoms with Crippen LogP contribution >= 0.6 is 15.9 Å². The lowest BCUT2D eigenvalue weighted by Crippen LogP contribution is -2.39. The third-order valence-electron chi connectivity index (χ3n) is 4.69. The van der Waals surface area contributed by atoms with Crippen LogP contribution in [-0.4, -0.2) is 30.9 Å². The highest BCUT2D eigenvalue weighted by Gasteiger charge is 2.28. The van der Waals surface area contributed by atoms with Gasteiger partial charge in [0.1, 0.15) is 5.75 Å². The molecule has 0 saturated carbocycles. The molecule has 146 valence electrons. The lowest BCUT2D eigenvalue weighted by atomic mass is 9.90. The Kier molecular flexibility index (Phi) is 6.05. The van der Waals surface area contributed by atoms with Gasteiger partial charge in [0.05, 0.1) is 17.9 Å². The Bertz CT molecular complexity index is 943. The van der Waals surface area contributed by atoms with Gasteiger partial charge >= 0.3 is 0 Å². The van der Waals surface area contributed by atoms with Crippen LogP contribution in [0.2, 0.25) is 0 Å². The van der Waals surface area contributed by atoms with E-state index in [0.29, 0.717) is 45.6 Å². The molecule has 1 heterocycles. The van der Waals surface area contributed by atoms with Crippen LogP contribution in [-0.2, 0) is 14.4 Å². The zero-order valence-corrected chi connectivity index (χ0v) is 17.0. The Morgan fingerprint density at radius 2 is 2.00 bits per heavy atom. The number of carbonyl (C=O) groups is 3. The quantitative estimate of drug-likeness (QED) is 0.694. The summed E-state index contributed by atoms with van der Waals surface area (Å²) in [5.41, 5.74) is 7.24. The van der Waals surface area contributed by atoms with Gasteiger partial charge in [-0.2, -0.15) is 0 Å². The van der Waals surface area contributed by atoms with E-state index < -0.39 is 5.91 Å². The maximum atomic E-state index is 12.8. The van der Waals surface area contributed by atoms with Gasteiger partial charge < -0.3 is 15.8 Å². The van der Waals surface area contributed by atoms with Crippen LogP contribution in [0.5, 0.6) is 5.75 Å². The number of carbonyl (C=O) groups excluding carboxylic acids is 3. The van der Waals surface area contributed by atoms with Crippen molar-refractivity contribution < 1.29 is 19.1 Å². The number of anilines is 2. The van der Waals surface area contributed by atoms with Crippen LogP contribution in [0.25, 0.3) is 0 Å². The van der Waals surface area contributed by atoms with Gasteiger partial charge in [0.25, 0.3) is 11.8 Å².